The number of hydrogen-bond donors (Lipinski definition) is 2. The Morgan fingerprint density at radius 3 is 2.30 bits per heavy atom. The molecule has 3 aromatic carbocycles. The fourth-order valence-electron chi connectivity index (χ4n) is 4.90. The molecule has 43 heavy (non-hydrogen) atoms. The number of benzene rings is 3. The third-order valence-corrected chi connectivity index (χ3v) is 6.99. The van der Waals surface area contributed by atoms with E-state index < -0.39 is 17.4 Å². The van der Waals surface area contributed by atoms with E-state index in [0.29, 0.717) is 40.5 Å². The highest BCUT2D eigenvalue weighted by atomic mass is 19.1. The van der Waals surface area contributed by atoms with Crippen LogP contribution in [0.1, 0.15) is 16.8 Å². The molecule has 0 aliphatic heterocycles. The number of aryl methyl sites for hydroxylation is 2. The van der Waals surface area contributed by atoms with Crippen molar-refractivity contribution in [2.45, 2.75) is 20.4 Å². The number of nitrogens with zero attached hydrogens (tertiary/aromatic N) is 5. The third-order valence-electron chi connectivity index (χ3n) is 6.99. The van der Waals surface area contributed by atoms with Crippen LogP contribution in [0.5, 0.6) is 17.5 Å². The average Bonchev–Trinajstić information content (AvgIpc) is 3.31. The molecule has 0 saturated carbocycles. The van der Waals surface area contributed by atoms with Crippen LogP contribution in [0.25, 0.3) is 28.0 Å². The lowest BCUT2D eigenvalue weighted by Gasteiger charge is -2.16. The van der Waals surface area contributed by atoms with Crippen molar-refractivity contribution in [2.75, 3.05) is 18.2 Å². The Morgan fingerprint density at radius 2 is 1.63 bits per heavy atom. The molecule has 0 aliphatic carbocycles. The van der Waals surface area contributed by atoms with Crippen LogP contribution in [0.3, 0.4) is 0 Å². The van der Waals surface area contributed by atoms with Gasteiger partial charge >= 0.3 is 6.01 Å². The summed E-state index contributed by atoms with van der Waals surface area (Å²) in [6, 6.07) is 18.8. The van der Waals surface area contributed by atoms with Crippen LogP contribution < -0.4 is 20.5 Å². The summed E-state index contributed by atoms with van der Waals surface area (Å²) in [4.78, 5) is 17.1. The second-order valence-corrected chi connectivity index (χ2v) is 9.87. The van der Waals surface area contributed by atoms with Crippen molar-refractivity contribution in [3.8, 4) is 34.5 Å². The van der Waals surface area contributed by atoms with Crippen molar-refractivity contribution in [2.24, 2.45) is 0 Å². The minimum absolute atomic E-state index is 0.159. The molecule has 0 unspecified atom stereocenters. The van der Waals surface area contributed by atoms with Crippen LogP contribution in [-0.2, 0) is 6.54 Å². The van der Waals surface area contributed by atoms with Crippen LogP contribution in [0.4, 0.5) is 20.3 Å². The molecule has 0 spiro atoms. The van der Waals surface area contributed by atoms with Gasteiger partial charge < -0.3 is 25.1 Å². The minimum atomic E-state index is -0.924. The number of ether oxygens (including phenoxy) is 2. The molecule has 11 heteroatoms. The summed E-state index contributed by atoms with van der Waals surface area (Å²) in [5, 5.41) is 3.37. The predicted octanol–water partition coefficient (Wildman–Crippen LogP) is 6.77. The number of nitrogen functional groups attached to an aromatic ring is 1. The molecular formula is C32H27F2N7O2. The van der Waals surface area contributed by atoms with Crippen molar-refractivity contribution >= 4 is 22.5 Å². The summed E-state index contributed by atoms with van der Waals surface area (Å²) in [5.74, 6) is -1.22. The SMILES string of the molecule is COc1ccc(CNc2ncnc3c(C)c(-c4ccc(N)cc4)n(-c4cc(F)c(Oc5nccc(C)n5)c(F)c4)c23)cc1. The minimum Gasteiger partial charge on any atom is -0.497 e. The molecule has 3 N–H and O–H groups in total. The van der Waals surface area contributed by atoms with Crippen LogP contribution in [0, 0.1) is 25.5 Å². The van der Waals surface area contributed by atoms with E-state index in [1.807, 2.05) is 43.3 Å². The Kier molecular flexibility index (Phi) is 7.29. The highest BCUT2D eigenvalue weighted by Gasteiger charge is 2.24. The van der Waals surface area contributed by atoms with Crippen LogP contribution >= 0.6 is 0 Å². The van der Waals surface area contributed by atoms with Gasteiger partial charge in [-0.25, -0.2) is 28.7 Å². The Hall–Kier alpha value is -5.58. The lowest BCUT2D eigenvalue weighted by Crippen LogP contribution is -2.07. The summed E-state index contributed by atoms with van der Waals surface area (Å²) < 4.78 is 43.6. The van der Waals surface area contributed by atoms with Gasteiger partial charge in [0.25, 0.3) is 0 Å². The van der Waals surface area contributed by atoms with Crippen molar-refractivity contribution in [1.29, 1.82) is 0 Å². The largest absolute Gasteiger partial charge is 0.497 e. The first-order valence-electron chi connectivity index (χ1n) is 13.4. The van der Waals surface area contributed by atoms with E-state index in [9.17, 15) is 0 Å². The molecule has 3 heterocycles. The molecule has 0 fully saturated rings. The van der Waals surface area contributed by atoms with Crippen molar-refractivity contribution in [1.82, 2.24) is 24.5 Å². The molecule has 0 amide bonds. The second-order valence-electron chi connectivity index (χ2n) is 9.87. The highest BCUT2D eigenvalue weighted by Crippen LogP contribution is 2.39. The van der Waals surface area contributed by atoms with E-state index in [1.54, 1.807) is 36.8 Å². The molecule has 0 atom stereocenters. The quantitative estimate of drug-likeness (QED) is 0.190. The van der Waals surface area contributed by atoms with Gasteiger partial charge in [0, 0.05) is 41.8 Å². The number of halogens is 2. The summed E-state index contributed by atoms with van der Waals surface area (Å²) in [7, 11) is 1.61. The zero-order valence-corrected chi connectivity index (χ0v) is 23.6. The van der Waals surface area contributed by atoms with Gasteiger partial charge in [0.2, 0.25) is 5.75 Å². The molecule has 0 aliphatic rings. The lowest BCUT2D eigenvalue weighted by atomic mass is 10.1. The molecule has 216 valence electrons. The Bertz CT molecular complexity index is 1920. The Labute approximate surface area is 246 Å². The van der Waals surface area contributed by atoms with E-state index in [-0.39, 0.29) is 11.7 Å². The lowest BCUT2D eigenvalue weighted by molar-refractivity contribution is 0.381. The van der Waals surface area contributed by atoms with Crippen LogP contribution in [0.2, 0.25) is 0 Å². The highest BCUT2D eigenvalue weighted by molar-refractivity contribution is 5.96. The van der Waals surface area contributed by atoms with Gasteiger partial charge in [-0.1, -0.05) is 24.3 Å². The topological polar surface area (TPSA) is 113 Å². The molecular weight excluding hydrogens is 552 g/mol. The maximum atomic E-state index is 15.6. The van der Waals surface area contributed by atoms with Gasteiger partial charge in [-0.05, 0) is 55.3 Å². The van der Waals surface area contributed by atoms with Crippen LogP contribution in [-0.4, -0.2) is 31.6 Å². The van der Waals surface area contributed by atoms with Gasteiger partial charge in [-0.3, -0.25) is 0 Å². The van der Waals surface area contributed by atoms with E-state index in [1.165, 1.54) is 24.7 Å². The number of methoxy groups -OCH3 is 1. The van der Waals surface area contributed by atoms with Crippen molar-refractivity contribution in [3.05, 3.63) is 108 Å². The van der Waals surface area contributed by atoms with Gasteiger partial charge in [0.15, 0.2) is 17.5 Å². The zero-order chi connectivity index (χ0) is 30.1. The summed E-state index contributed by atoms with van der Waals surface area (Å²) in [5.41, 5.74) is 11.8. The fraction of sp³-hybridized carbons (Fsp3) is 0.125. The maximum Gasteiger partial charge on any atom is 0.322 e. The van der Waals surface area contributed by atoms with Crippen LogP contribution in [0.15, 0.2) is 79.3 Å². The number of aromatic nitrogens is 5. The third kappa shape index (κ3) is 5.40. The fourth-order valence-corrected chi connectivity index (χ4v) is 4.90. The number of nitrogens with one attached hydrogen (secondary N) is 1. The Balaban J connectivity index is 1.50. The second kappa shape index (κ2) is 11.4. The standard InChI is InChI=1S/C32H27F2N7O2/c1-18-12-13-36-32(40-18)43-30-25(33)14-23(15-26(30)34)41-28(21-6-8-22(35)9-7-21)19(2)27-29(41)31(39-17-38-27)37-16-20-4-10-24(42-3)11-5-20/h4-15,17H,16,35H2,1-3H3,(H,37,38,39). The first-order valence-corrected chi connectivity index (χ1v) is 13.4. The summed E-state index contributed by atoms with van der Waals surface area (Å²) in [6.45, 7) is 4.07. The predicted molar refractivity (Wildman–Crippen MR) is 161 cm³/mol. The molecule has 6 aromatic rings. The van der Waals surface area contributed by atoms with Gasteiger partial charge in [0.1, 0.15) is 17.6 Å². The van der Waals surface area contributed by atoms with Crippen molar-refractivity contribution in [3.63, 3.8) is 0 Å². The smallest absolute Gasteiger partial charge is 0.322 e. The molecule has 3 aromatic heterocycles. The summed E-state index contributed by atoms with van der Waals surface area (Å²) in [6.07, 6.45) is 2.92. The molecule has 0 bridgehead atoms. The van der Waals surface area contributed by atoms with Crippen molar-refractivity contribution < 1.29 is 18.3 Å². The Morgan fingerprint density at radius 1 is 0.907 bits per heavy atom. The number of hydrogen-bond acceptors (Lipinski definition) is 8. The van der Waals surface area contributed by atoms with Gasteiger partial charge in [-0.15, -0.1) is 0 Å². The molecule has 0 saturated heterocycles. The molecule has 9 nitrogen and oxygen atoms in total. The normalized spacial score (nSPS) is 11.1. The molecule has 0 radical (unpaired) electrons. The van der Waals surface area contributed by atoms with E-state index in [2.05, 4.69) is 25.3 Å². The number of fused-ring (bicyclic) bond motifs is 1. The zero-order valence-electron chi connectivity index (χ0n) is 23.6. The maximum absolute atomic E-state index is 15.6. The number of anilines is 2. The summed E-state index contributed by atoms with van der Waals surface area (Å²) >= 11 is 0. The van der Waals surface area contributed by atoms with Gasteiger partial charge in [-0.2, -0.15) is 0 Å². The molecule has 6 rings (SSSR count). The van der Waals surface area contributed by atoms with E-state index >= 15 is 8.78 Å². The number of rotatable bonds is 8. The van der Waals surface area contributed by atoms with Gasteiger partial charge in [0.05, 0.1) is 24.0 Å². The first-order chi connectivity index (χ1) is 20.8. The average molecular weight is 580 g/mol. The first kappa shape index (κ1) is 27.6. The van der Waals surface area contributed by atoms with E-state index in [4.69, 9.17) is 15.2 Å². The van der Waals surface area contributed by atoms with E-state index in [0.717, 1.165) is 22.4 Å². The number of nitrogens with two attached hydrogens (primary N) is 1. The monoisotopic (exact) mass is 579 g/mol.